The molecule has 0 spiro atoms. The van der Waals surface area contributed by atoms with Gasteiger partial charge in [-0.15, -0.1) is 0 Å². The molecule has 11 aromatic rings. The van der Waals surface area contributed by atoms with E-state index in [-0.39, 0.29) is 0 Å². The van der Waals surface area contributed by atoms with Gasteiger partial charge in [-0.05, 0) is 82.9 Å². The Kier molecular flexibility index (Phi) is 7.35. The number of hydrogen-bond acceptors (Lipinski definition) is 7. The SMILES string of the molecule is c1ccc(-c2cc(-c3ccc(-c4ncncn4)cc3)nc(-c3cc(-c4ccc5oc6ccccc6c5c4)cc(-c4ccc5oc6ccccc6c5c4)c3)n2)cc1. The number of rotatable bonds is 6. The van der Waals surface area contributed by atoms with Crippen LogP contribution in [0.1, 0.15) is 0 Å². The minimum atomic E-state index is 0.618. The van der Waals surface area contributed by atoms with Gasteiger partial charge in [0.25, 0.3) is 0 Å². The third-order valence-corrected chi connectivity index (χ3v) is 10.3. The smallest absolute Gasteiger partial charge is 0.162 e. The Morgan fingerprint density at radius 2 is 0.768 bits per heavy atom. The van der Waals surface area contributed by atoms with Gasteiger partial charge in [0, 0.05) is 43.8 Å². The highest BCUT2D eigenvalue weighted by molar-refractivity contribution is 6.07. The van der Waals surface area contributed by atoms with Crippen LogP contribution in [-0.4, -0.2) is 24.9 Å². The van der Waals surface area contributed by atoms with E-state index in [4.69, 9.17) is 18.8 Å². The fraction of sp³-hybridized carbons (Fsp3) is 0. The molecule has 0 N–H and O–H groups in total. The molecule has 0 fully saturated rings. The van der Waals surface area contributed by atoms with Crippen molar-refractivity contribution >= 4 is 43.9 Å². The van der Waals surface area contributed by atoms with Crippen LogP contribution in [0.25, 0.3) is 111 Å². The molecule has 7 heteroatoms. The molecule has 0 aliphatic heterocycles. The molecule has 262 valence electrons. The summed E-state index contributed by atoms with van der Waals surface area (Å²) in [7, 11) is 0. The van der Waals surface area contributed by atoms with Crippen LogP contribution in [0.15, 0.2) is 185 Å². The summed E-state index contributed by atoms with van der Waals surface area (Å²) in [5.74, 6) is 1.24. The van der Waals surface area contributed by atoms with E-state index in [1.54, 1.807) is 0 Å². The standard InChI is InChI=1S/C49H29N5O2/c1-2-8-30(9-3-1)42-27-43(31-14-16-32(17-15-31)48-51-28-50-29-52-48)54-49(53-42)37-23-35(33-18-20-46-40(25-33)38-10-4-6-12-44(38)55-46)22-36(24-37)34-19-21-47-41(26-34)39-11-5-7-13-45(39)56-47/h1-29H. The molecule has 0 unspecified atom stereocenters. The number of fused-ring (bicyclic) bond motifs is 6. The van der Waals surface area contributed by atoms with Crippen LogP contribution in [0.3, 0.4) is 0 Å². The molecule has 4 aromatic heterocycles. The quantitative estimate of drug-likeness (QED) is 0.169. The Bertz CT molecular complexity index is 3110. The van der Waals surface area contributed by atoms with Crippen LogP contribution in [0.4, 0.5) is 0 Å². The van der Waals surface area contributed by atoms with Gasteiger partial charge in [0.1, 0.15) is 35.0 Å². The van der Waals surface area contributed by atoms with Gasteiger partial charge in [-0.1, -0.05) is 103 Å². The van der Waals surface area contributed by atoms with E-state index in [2.05, 4.69) is 112 Å². The Hall–Kier alpha value is -7.77. The molecule has 0 atom stereocenters. The van der Waals surface area contributed by atoms with Gasteiger partial charge in [-0.25, -0.2) is 24.9 Å². The monoisotopic (exact) mass is 719 g/mol. The van der Waals surface area contributed by atoms with Gasteiger partial charge in [0.2, 0.25) is 0 Å². The maximum atomic E-state index is 6.20. The van der Waals surface area contributed by atoms with Crippen molar-refractivity contribution in [3.8, 4) is 67.5 Å². The van der Waals surface area contributed by atoms with Gasteiger partial charge in [0.15, 0.2) is 11.6 Å². The van der Waals surface area contributed by atoms with E-state index in [1.165, 1.54) is 12.7 Å². The number of para-hydroxylation sites is 2. The van der Waals surface area contributed by atoms with Crippen LogP contribution >= 0.6 is 0 Å². The van der Waals surface area contributed by atoms with Crippen molar-refractivity contribution in [2.24, 2.45) is 0 Å². The van der Waals surface area contributed by atoms with Crippen LogP contribution < -0.4 is 0 Å². The second-order valence-corrected chi connectivity index (χ2v) is 13.8. The zero-order valence-electron chi connectivity index (χ0n) is 29.8. The predicted molar refractivity (Wildman–Crippen MR) is 223 cm³/mol. The highest BCUT2D eigenvalue weighted by Gasteiger charge is 2.17. The minimum absolute atomic E-state index is 0.618. The second-order valence-electron chi connectivity index (χ2n) is 13.8. The van der Waals surface area contributed by atoms with Gasteiger partial charge < -0.3 is 8.83 Å². The van der Waals surface area contributed by atoms with Crippen LogP contribution in [0.5, 0.6) is 0 Å². The maximum absolute atomic E-state index is 6.20. The fourth-order valence-electron chi connectivity index (χ4n) is 7.56. The fourth-order valence-corrected chi connectivity index (χ4v) is 7.56. The summed E-state index contributed by atoms with van der Waals surface area (Å²) in [4.78, 5) is 23.1. The first kappa shape index (κ1) is 31.7. The normalized spacial score (nSPS) is 11.6. The van der Waals surface area contributed by atoms with Crippen LogP contribution in [-0.2, 0) is 0 Å². The van der Waals surface area contributed by atoms with Gasteiger partial charge in [0.05, 0.1) is 11.4 Å². The minimum Gasteiger partial charge on any atom is -0.456 e. The van der Waals surface area contributed by atoms with E-state index in [0.717, 1.165) is 99.8 Å². The summed E-state index contributed by atoms with van der Waals surface area (Å²) in [5.41, 5.74) is 13.1. The second kappa shape index (κ2) is 13.0. The van der Waals surface area contributed by atoms with E-state index >= 15 is 0 Å². The summed E-state index contributed by atoms with van der Waals surface area (Å²) in [6, 6.07) is 56.2. The number of benzene rings is 7. The largest absolute Gasteiger partial charge is 0.456 e. The average Bonchev–Trinajstić information content (AvgIpc) is 3.84. The lowest BCUT2D eigenvalue weighted by Gasteiger charge is -2.13. The molecule has 0 amide bonds. The zero-order chi connectivity index (χ0) is 37.0. The summed E-state index contributed by atoms with van der Waals surface area (Å²) in [5, 5.41) is 4.31. The van der Waals surface area contributed by atoms with Crippen molar-refractivity contribution < 1.29 is 8.83 Å². The Balaban J connectivity index is 1.11. The average molecular weight is 720 g/mol. The van der Waals surface area contributed by atoms with E-state index in [9.17, 15) is 0 Å². The molecule has 0 saturated heterocycles. The van der Waals surface area contributed by atoms with Gasteiger partial charge >= 0.3 is 0 Å². The lowest BCUT2D eigenvalue weighted by atomic mass is 9.94. The topological polar surface area (TPSA) is 90.7 Å². The molecule has 11 rings (SSSR count). The number of nitrogens with zero attached hydrogens (tertiary/aromatic N) is 5. The van der Waals surface area contributed by atoms with E-state index < -0.39 is 0 Å². The Morgan fingerprint density at radius 1 is 0.304 bits per heavy atom. The molecule has 0 aliphatic carbocycles. The van der Waals surface area contributed by atoms with Crippen LogP contribution in [0, 0.1) is 0 Å². The predicted octanol–water partition coefficient (Wildman–Crippen LogP) is 12.5. The highest BCUT2D eigenvalue weighted by atomic mass is 16.3. The van der Waals surface area contributed by atoms with Gasteiger partial charge in [-0.3, -0.25) is 0 Å². The molecule has 7 aromatic carbocycles. The molecular formula is C49H29N5O2. The number of furan rings is 2. The lowest BCUT2D eigenvalue weighted by Crippen LogP contribution is -1.97. The molecule has 4 heterocycles. The van der Waals surface area contributed by atoms with Crippen molar-refractivity contribution in [2.75, 3.05) is 0 Å². The van der Waals surface area contributed by atoms with E-state index in [0.29, 0.717) is 11.6 Å². The number of aromatic nitrogens is 5. The molecule has 56 heavy (non-hydrogen) atoms. The summed E-state index contributed by atoms with van der Waals surface area (Å²) in [6.45, 7) is 0. The zero-order valence-corrected chi connectivity index (χ0v) is 29.8. The maximum Gasteiger partial charge on any atom is 0.162 e. The summed E-state index contributed by atoms with van der Waals surface area (Å²) < 4.78 is 12.4. The van der Waals surface area contributed by atoms with Gasteiger partial charge in [-0.2, -0.15) is 0 Å². The van der Waals surface area contributed by atoms with Crippen molar-refractivity contribution in [3.05, 3.63) is 176 Å². The van der Waals surface area contributed by atoms with Crippen molar-refractivity contribution in [3.63, 3.8) is 0 Å². The molecule has 0 aliphatic rings. The molecule has 7 nitrogen and oxygen atoms in total. The molecular weight excluding hydrogens is 691 g/mol. The molecule has 0 saturated carbocycles. The first-order chi connectivity index (χ1) is 27.7. The third kappa shape index (κ3) is 5.58. The van der Waals surface area contributed by atoms with E-state index in [1.807, 2.05) is 66.7 Å². The summed E-state index contributed by atoms with van der Waals surface area (Å²) >= 11 is 0. The summed E-state index contributed by atoms with van der Waals surface area (Å²) in [6.07, 6.45) is 3.01. The highest BCUT2D eigenvalue weighted by Crippen LogP contribution is 2.39. The van der Waals surface area contributed by atoms with Crippen molar-refractivity contribution in [1.82, 2.24) is 24.9 Å². The molecule has 0 radical (unpaired) electrons. The number of hydrogen-bond donors (Lipinski definition) is 0. The lowest BCUT2D eigenvalue weighted by molar-refractivity contribution is 0.668. The third-order valence-electron chi connectivity index (χ3n) is 10.3. The Morgan fingerprint density at radius 3 is 1.36 bits per heavy atom. The first-order valence-corrected chi connectivity index (χ1v) is 18.4. The molecule has 0 bridgehead atoms. The van der Waals surface area contributed by atoms with Crippen molar-refractivity contribution in [1.29, 1.82) is 0 Å². The van der Waals surface area contributed by atoms with Crippen molar-refractivity contribution in [2.45, 2.75) is 0 Å². The van der Waals surface area contributed by atoms with Crippen LogP contribution in [0.2, 0.25) is 0 Å². The Labute approximate surface area is 320 Å². The first-order valence-electron chi connectivity index (χ1n) is 18.4.